The van der Waals surface area contributed by atoms with E-state index in [1.165, 1.54) is 5.57 Å². The minimum absolute atomic E-state index is 0.0129. The highest BCUT2D eigenvalue weighted by atomic mass is 16.6. The number of aliphatic imine (C=N–C) groups is 1. The summed E-state index contributed by atoms with van der Waals surface area (Å²) >= 11 is 0. The van der Waals surface area contributed by atoms with Crippen molar-refractivity contribution in [3.63, 3.8) is 0 Å². The molecule has 10 heteroatoms. The maximum Gasteiger partial charge on any atom is 0.384 e. The SMILES string of the molecule is C=CC1=C(C=NCCCNC(=O)C2OC(=O)C(=O)C2=O)CCC/C1=C\c1ccc(N(CCO)CCO)cc1. The lowest BCUT2D eigenvalue weighted by Crippen LogP contribution is -2.39. The number of amides is 1. The van der Waals surface area contributed by atoms with E-state index < -0.39 is 29.5 Å². The number of hydrogen-bond donors (Lipinski definition) is 3. The van der Waals surface area contributed by atoms with E-state index in [2.05, 4.69) is 27.7 Å². The minimum Gasteiger partial charge on any atom is -0.437 e. The summed E-state index contributed by atoms with van der Waals surface area (Å²) in [7, 11) is 0. The number of nitrogens with zero attached hydrogens (tertiary/aromatic N) is 2. The number of benzene rings is 1. The van der Waals surface area contributed by atoms with Crippen molar-refractivity contribution >= 4 is 41.4 Å². The molecular weight excluding hydrogens is 490 g/mol. The summed E-state index contributed by atoms with van der Waals surface area (Å²) in [4.78, 5) is 52.2. The topological polar surface area (TPSA) is 146 Å². The van der Waals surface area contributed by atoms with Crippen LogP contribution < -0.4 is 10.2 Å². The first-order valence-corrected chi connectivity index (χ1v) is 12.6. The van der Waals surface area contributed by atoms with Crippen LogP contribution in [0.25, 0.3) is 6.08 Å². The molecule has 1 aromatic rings. The summed E-state index contributed by atoms with van der Waals surface area (Å²) in [6.45, 7) is 5.57. The van der Waals surface area contributed by atoms with Gasteiger partial charge in [-0.1, -0.05) is 30.9 Å². The van der Waals surface area contributed by atoms with E-state index in [-0.39, 0.29) is 19.8 Å². The van der Waals surface area contributed by atoms with Crippen LogP contribution in [-0.4, -0.2) is 85.4 Å². The van der Waals surface area contributed by atoms with Crippen LogP contribution in [0.1, 0.15) is 31.2 Å². The number of esters is 1. The number of allylic oxidation sites excluding steroid dienone is 4. The third-order valence-electron chi connectivity index (χ3n) is 6.25. The monoisotopic (exact) mass is 523 g/mol. The number of aliphatic hydroxyl groups is 2. The quantitative estimate of drug-likeness (QED) is 0.115. The second kappa shape index (κ2) is 14.2. The lowest BCUT2D eigenvalue weighted by atomic mass is 9.86. The van der Waals surface area contributed by atoms with Gasteiger partial charge in [-0.15, -0.1) is 0 Å². The molecule has 1 atom stereocenters. The lowest BCUT2D eigenvalue weighted by molar-refractivity contribution is -0.152. The molecule has 0 radical (unpaired) electrons. The molecule has 1 aliphatic heterocycles. The summed E-state index contributed by atoms with van der Waals surface area (Å²) in [5.74, 6) is -4.55. The number of ether oxygens (including phenoxy) is 1. The van der Waals surface area contributed by atoms with E-state index in [1.54, 1.807) is 0 Å². The third kappa shape index (κ3) is 7.33. The molecule has 1 fully saturated rings. The average molecular weight is 524 g/mol. The fourth-order valence-corrected chi connectivity index (χ4v) is 4.34. The Hall–Kier alpha value is -3.89. The van der Waals surface area contributed by atoms with Gasteiger partial charge in [0.15, 0.2) is 0 Å². The van der Waals surface area contributed by atoms with Crippen LogP contribution >= 0.6 is 0 Å². The van der Waals surface area contributed by atoms with Gasteiger partial charge in [0, 0.05) is 38.1 Å². The fraction of sp³-hybridized carbons (Fsp3) is 0.393. The predicted octanol–water partition coefficient (Wildman–Crippen LogP) is 1.17. The second-order valence-electron chi connectivity index (χ2n) is 8.85. The Morgan fingerprint density at radius 3 is 2.45 bits per heavy atom. The van der Waals surface area contributed by atoms with Crippen LogP contribution in [0, 0.1) is 0 Å². The fourth-order valence-electron chi connectivity index (χ4n) is 4.34. The van der Waals surface area contributed by atoms with Gasteiger partial charge in [0.05, 0.1) is 13.2 Å². The van der Waals surface area contributed by atoms with Gasteiger partial charge in [0.25, 0.3) is 11.7 Å². The van der Waals surface area contributed by atoms with Crippen LogP contribution in [-0.2, 0) is 23.9 Å². The van der Waals surface area contributed by atoms with Gasteiger partial charge in [-0.05, 0) is 60.1 Å². The molecule has 0 spiro atoms. The van der Waals surface area contributed by atoms with Crippen molar-refractivity contribution in [2.45, 2.75) is 31.8 Å². The maximum atomic E-state index is 12.0. The normalized spacial score (nSPS) is 18.8. The number of aliphatic hydroxyl groups excluding tert-OH is 2. The van der Waals surface area contributed by atoms with Crippen LogP contribution in [0.15, 0.2) is 58.6 Å². The van der Waals surface area contributed by atoms with Crippen LogP contribution in [0.4, 0.5) is 5.69 Å². The van der Waals surface area contributed by atoms with E-state index in [9.17, 15) is 29.4 Å². The molecule has 202 valence electrons. The highest BCUT2D eigenvalue weighted by Crippen LogP contribution is 2.31. The van der Waals surface area contributed by atoms with E-state index in [1.807, 2.05) is 41.5 Å². The molecule has 0 saturated carbocycles. The van der Waals surface area contributed by atoms with E-state index in [0.29, 0.717) is 26.1 Å². The number of carbonyl (C=O) groups is 4. The van der Waals surface area contributed by atoms with Crippen LogP contribution in [0.5, 0.6) is 0 Å². The standard InChI is InChI=1S/C28H33N3O7/c1-2-23-20(17-19-7-9-22(10-8-19)31(13-15-32)14-16-33)5-3-6-21(23)18-29-11-4-12-30-27(36)26-24(34)25(35)28(37)38-26/h2,7-10,17-18,26,32-33H,1,3-6,11-16H2,(H,30,36)/b20-17+,29-18?. The Morgan fingerprint density at radius 2 is 1.84 bits per heavy atom. The zero-order chi connectivity index (χ0) is 27.5. The number of rotatable bonds is 13. The molecule has 10 nitrogen and oxygen atoms in total. The molecule has 1 aliphatic carbocycles. The molecule has 3 rings (SSSR count). The number of Topliss-reactive ketones (excluding diaryl/α,β-unsaturated/α-hetero) is 2. The van der Waals surface area contributed by atoms with Gasteiger partial charge in [0.1, 0.15) is 0 Å². The molecule has 1 aromatic carbocycles. The van der Waals surface area contributed by atoms with Crippen LogP contribution in [0.3, 0.4) is 0 Å². The third-order valence-corrected chi connectivity index (χ3v) is 6.25. The Kier molecular flexibility index (Phi) is 10.7. The van der Waals surface area contributed by atoms with Gasteiger partial charge in [-0.3, -0.25) is 19.4 Å². The summed E-state index contributed by atoms with van der Waals surface area (Å²) in [5, 5.41) is 21.0. The number of nitrogens with one attached hydrogen (secondary N) is 1. The van der Waals surface area contributed by atoms with E-state index in [4.69, 9.17) is 0 Å². The molecule has 38 heavy (non-hydrogen) atoms. The molecule has 1 amide bonds. The molecule has 0 aromatic heterocycles. The number of anilines is 1. The van der Waals surface area contributed by atoms with Gasteiger partial charge in [-0.25, -0.2) is 4.79 Å². The molecule has 1 unspecified atom stereocenters. The first-order chi connectivity index (χ1) is 18.4. The zero-order valence-corrected chi connectivity index (χ0v) is 21.2. The zero-order valence-electron chi connectivity index (χ0n) is 21.2. The van der Waals surface area contributed by atoms with Gasteiger partial charge >= 0.3 is 11.8 Å². The minimum atomic E-state index is -1.69. The Morgan fingerprint density at radius 1 is 1.13 bits per heavy atom. The number of ketones is 2. The second-order valence-corrected chi connectivity index (χ2v) is 8.85. The summed E-state index contributed by atoms with van der Waals surface area (Å²) in [6.07, 6.45) is 7.38. The summed E-state index contributed by atoms with van der Waals surface area (Å²) in [6, 6.07) is 7.97. The van der Waals surface area contributed by atoms with Crippen molar-refractivity contribution < 1.29 is 34.1 Å². The van der Waals surface area contributed by atoms with Crippen molar-refractivity contribution in [1.82, 2.24) is 5.32 Å². The smallest absolute Gasteiger partial charge is 0.384 e. The molecule has 2 aliphatic rings. The number of hydrogen-bond acceptors (Lipinski definition) is 9. The molecule has 1 saturated heterocycles. The molecule has 3 N–H and O–H groups in total. The Labute approximate surface area is 221 Å². The van der Waals surface area contributed by atoms with Gasteiger partial charge in [0.2, 0.25) is 6.10 Å². The Bertz CT molecular complexity index is 1150. The first-order valence-electron chi connectivity index (χ1n) is 12.6. The largest absolute Gasteiger partial charge is 0.437 e. The maximum absolute atomic E-state index is 12.0. The first kappa shape index (κ1) is 28.7. The van der Waals surface area contributed by atoms with Crippen molar-refractivity contribution in [2.75, 3.05) is 44.3 Å². The van der Waals surface area contributed by atoms with E-state index in [0.717, 1.165) is 41.7 Å². The predicted molar refractivity (Wildman–Crippen MR) is 143 cm³/mol. The molecule has 1 heterocycles. The van der Waals surface area contributed by atoms with Gasteiger partial charge in [-0.2, -0.15) is 0 Å². The van der Waals surface area contributed by atoms with Gasteiger partial charge < -0.3 is 25.2 Å². The van der Waals surface area contributed by atoms with Crippen molar-refractivity contribution in [3.05, 3.63) is 59.2 Å². The van der Waals surface area contributed by atoms with Crippen molar-refractivity contribution in [1.29, 1.82) is 0 Å². The molecular formula is C28H33N3O7. The average Bonchev–Trinajstić information content (AvgIpc) is 3.18. The van der Waals surface area contributed by atoms with Crippen LogP contribution in [0.2, 0.25) is 0 Å². The number of carbonyl (C=O) groups excluding carboxylic acids is 4. The highest BCUT2D eigenvalue weighted by molar-refractivity contribution is 6.67. The van der Waals surface area contributed by atoms with Crippen molar-refractivity contribution in [2.24, 2.45) is 4.99 Å². The Balaban J connectivity index is 1.56. The highest BCUT2D eigenvalue weighted by Gasteiger charge is 2.46. The number of cyclic esters (lactones) is 1. The molecule has 0 bridgehead atoms. The summed E-state index contributed by atoms with van der Waals surface area (Å²) < 4.78 is 4.50. The van der Waals surface area contributed by atoms with E-state index >= 15 is 0 Å². The van der Waals surface area contributed by atoms with Crippen molar-refractivity contribution in [3.8, 4) is 0 Å². The lowest BCUT2D eigenvalue weighted by Gasteiger charge is -2.23. The summed E-state index contributed by atoms with van der Waals surface area (Å²) in [5.41, 5.74) is 5.27.